The second-order valence-corrected chi connectivity index (χ2v) is 6.03. The molecule has 1 aliphatic heterocycles. The molecule has 20 heavy (non-hydrogen) atoms. The van der Waals surface area contributed by atoms with Gasteiger partial charge in [0.1, 0.15) is 11.3 Å². The van der Waals surface area contributed by atoms with Crippen molar-refractivity contribution in [3.05, 3.63) is 28.2 Å². The Hall–Kier alpha value is -1.74. The highest BCUT2D eigenvalue weighted by molar-refractivity contribution is 9.10. The summed E-state index contributed by atoms with van der Waals surface area (Å²) in [5.74, 6) is 0.743. The van der Waals surface area contributed by atoms with Crippen LogP contribution < -0.4 is 10.1 Å². The van der Waals surface area contributed by atoms with E-state index in [1.54, 1.807) is 25.9 Å². The van der Waals surface area contributed by atoms with Crippen molar-refractivity contribution < 1.29 is 9.53 Å². The van der Waals surface area contributed by atoms with Crippen molar-refractivity contribution in [3.8, 4) is 11.8 Å². The van der Waals surface area contributed by atoms with Gasteiger partial charge in [-0.25, -0.2) is 4.79 Å². The molecule has 0 bridgehead atoms. The fourth-order valence-corrected chi connectivity index (χ4v) is 2.73. The molecule has 1 aromatic carbocycles. The number of ether oxygens (including phenoxy) is 1. The van der Waals surface area contributed by atoms with Gasteiger partial charge in [0, 0.05) is 6.54 Å². The van der Waals surface area contributed by atoms with E-state index in [0.717, 1.165) is 15.8 Å². The van der Waals surface area contributed by atoms with E-state index in [2.05, 4.69) is 27.3 Å². The van der Waals surface area contributed by atoms with Crippen LogP contribution in [0.2, 0.25) is 0 Å². The van der Waals surface area contributed by atoms with Crippen molar-refractivity contribution in [1.29, 1.82) is 5.26 Å². The van der Waals surface area contributed by atoms with Crippen LogP contribution in [0, 0.1) is 11.3 Å². The zero-order valence-corrected chi connectivity index (χ0v) is 13.2. The van der Waals surface area contributed by atoms with Crippen LogP contribution in [0.3, 0.4) is 0 Å². The maximum absolute atomic E-state index is 12.0. The topological polar surface area (TPSA) is 65.4 Å². The molecule has 1 aromatic rings. The number of amides is 2. The van der Waals surface area contributed by atoms with Crippen molar-refractivity contribution >= 4 is 22.0 Å². The molecule has 0 radical (unpaired) electrons. The molecule has 1 atom stereocenters. The monoisotopic (exact) mass is 337 g/mol. The van der Waals surface area contributed by atoms with E-state index in [0.29, 0.717) is 6.54 Å². The minimum Gasteiger partial charge on any atom is -0.496 e. The van der Waals surface area contributed by atoms with Gasteiger partial charge in [-0.1, -0.05) is 6.07 Å². The molecule has 1 saturated heterocycles. The average Bonchev–Trinajstić information content (AvgIpc) is 2.81. The molecule has 1 N–H and O–H groups in total. The molecular formula is C14H16BrN3O2. The lowest BCUT2D eigenvalue weighted by Crippen LogP contribution is -2.44. The Bertz CT molecular complexity index is 580. The van der Waals surface area contributed by atoms with Gasteiger partial charge in [0.05, 0.1) is 23.7 Å². The zero-order chi connectivity index (χ0) is 14.9. The largest absolute Gasteiger partial charge is 0.496 e. The molecule has 0 aromatic heterocycles. The van der Waals surface area contributed by atoms with Gasteiger partial charge in [0.15, 0.2) is 0 Å². The summed E-state index contributed by atoms with van der Waals surface area (Å²) in [6.07, 6.45) is 0. The first kappa shape index (κ1) is 14.7. The van der Waals surface area contributed by atoms with Crippen LogP contribution in [-0.2, 0) is 0 Å². The Morgan fingerprint density at radius 1 is 1.55 bits per heavy atom. The zero-order valence-electron chi connectivity index (χ0n) is 11.6. The second kappa shape index (κ2) is 5.33. The molecule has 1 aliphatic rings. The average molecular weight is 338 g/mol. The Kier molecular flexibility index (Phi) is 3.91. The van der Waals surface area contributed by atoms with Gasteiger partial charge in [-0.05, 0) is 47.5 Å². The smallest absolute Gasteiger partial charge is 0.319 e. The molecule has 1 heterocycles. The third kappa shape index (κ3) is 2.59. The number of rotatable bonds is 3. The van der Waals surface area contributed by atoms with Gasteiger partial charge in [-0.3, -0.25) is 0 Å². The lowest BCUT2D eigenvalue weighted by atomic mass is 10.0. The molecule has 0 aliphatic carbocycles. The number of nitriles is 1. The van der Waals surface area contributed by atoms with Crippen molar-refractivity contribution in [1.82, 2.24) is 10.2 Å². The first-order valence-electron chi connectivity index (χ1n) is 6.22. The number of halogens is 1. The molecule has 0 spiro atoms. The molecule has 2 rings (SSSR count). The van der Waals surface area contributed by atoms with E-state index in [4.69, 9.17) is 10.00 Å². The van der Waals surface area contributed by atoms with Gasteiger partial charge in [0.2, 0.25) is 0 Å². The summed E-state index contributed by atoms with van der Waals surface area (Å²) in [4.78, 5) is 13.6. The van der Waals surface area contributed by atoms with Crippen LogP contribution in [0.15, 0.2) is 22.7 Å². The number of urea groups is 1. The third-order valence-corrected chi connectivity index (χ3v) is 4.05. The molecule has 1 unspecified atom stereocenters. The third-order valence-electron chi connectivity index (χ3n) is 3.43. The Morgan fingerprint density at radius 2 is 2.25 bits per heavy atom. The Balaban J connectivity index is 2.23. The summed E-state index contributed by atoms with van der Waals surface area (Å²) in [6, 6.07) is 7.50. The number of nitrogens with one attached hydrogen (secondary N) is 1. The van der Waals surface area contributed by atoms with Gasteiger partial charge >= 0.3 is 6.03 Å². The van der Waals surface area contributed by atoms with E-state index in [-0.39, 0.29) is 12.1 Å². The van der Waals surface area contributed by atoms with Crippen LogP contribution in [-0.4, -0.2) is 30.1 Å². The summed E-state index contributed by atoms with van der Waals surface area (Å²) >= 11 is 3.43. The number of benzene rings is 1. The summed E-state index contributed by atoms with van der Waals surface area (Å²) in [5, 5.41) is 12.0. The standard InChI is InChI=1S/C14H16BrN3O2/c1-14(2,8-16)18-7-11(17-13(18)19)9-4-5-12(20-3)10(15)6-9/h4-6,11H,7H2,1-3H3,(H,17,19). The van der Waals surface area contributed by atoms with Crippen LogP contribution >= 0.6 is 15.9 Å². The van der Waals surface area contributed by atoms with Crippen molar-refractivity contribution in [2.75, 3.05) is 13.7 Å². The molecular weight excluding hydrogens is 322 g/mol. The molecule has 0 saturated carbocycles. The van der Waals surface area contributed by atoms with Crippen LogP contribution in [0.25, 0.3) is 0 Å². The highest BCUT2D eigenvalue weighted by atomic mass is 79.9. The summed E-state index contributed by atoms with van der Waals surface area (Å²) in [7, 11) is 1.61. The number of hydrogen-bond donors (Lipinski definition) is 1. The molecule has 5 nitrogen and oxygen atoms in total. The highest BCUT2D eigenvalue weighted by Gasteiger charge is 2.39. The molecule has 1 fully saturated rings. The number of carbonyl (C=O) groups is 1. The van der Waals surface area contributed by atoms with Gasteiger partial charge in [0.25, 0.3) is 0 Å². The SMILES string of the molecule is COc1ccc(C2CN(C(C)(C)C#N)C(=O)N2)cc1Br. The molecule has 2 amide bonds. The van der Waals surface area contributed by atoms with Gasteiger partial charge in [-0.2, -0.15) is 5.26 Å². The van der Waals surface area contributed by atoms with Crippen molar-refractivity contribution in [3.63, 3.8) is 0 Å². The van der Waals surface area contributed by atoms with E-state index < -0.39 is 5.54 Å². The van der Waals surface area contributed by atoms with E-state index in [1.807, 2.05) is 18.2 Å². The number of carbonyl (C=O) groups excluding carboxylic acids is 1. The number of hydrogen-bond acceptors (Lipinski definition) is 3. The number of methoxy groups -OCH3 is 1. The van der Waals surface area contributed by atoms with E-state index >= 15 is 0 Å². The second-order valence-electron chi connectivity index (χ2n) is 5.18. The van der Waals surface area contributed by atoms with Crippen LogP contribution in [0.1, 0.15) is 25.5 Å². The predicted molar refractivity (Wildman–Crippen MR) is 78.4 cm³/mol. The minimum absolute atomic E-state index is 0.127. The highest BCUT2D eigenvalue weighted by Crippen LogP contribution is 2.31. The van der Waals surface area contributed by atoms with Crippen LogP contribution in [0.5, 0.6) is 5.75 Å². The Labute approximate surface area is 126 Å². The molecule has 106 valence electrons. The van der Waals surface area contributed by atoms with Crippen molar-refractivity contribution in [2.45, 2.75) is 25.4 Å². The molecule has 6 heteroatoms. The quantitative estimate of drug-likeness (QED) is 0.922. The summed E-state index contributed by atoms with van der Waals surface area (Å²) in [6.45, 7) is 3.94. The number of nitrogens with zero attached hydrogens (tertiary/aromatic N) is 2. The lowest BCUT2D eigenvalue weighted by Gasteiger charge is -2.27. The van der Waals surface area contributed by atoms with E-state index in [1.165, 1.54) is 0 Å². The maximum atomic E-state index is 12.0. The summed E-state index contributed by atoms with van der Waals surface area (Å²) in [5.41, 5.74) is 0.157. The summed E-state index contributed by atoms with van der Waals surface area (Å²) < 4.78 is 6.03. The first-order chi connectivity index (χ1) is 9.39. The van der Waals surface area contributed by atoms with Crippen LogP contribution in [0.4, 0.5) is 4.79 Å². The minimum atomic E-state index is -0.817. The first-order valence-corrected chi connectivity index (χ1v) is 7.01. The maximum Gasteiger partial charge on any atom is 0.319 e. The van der Waals surface area contributed by atoms with Crippen molar-refractivity contribution in [2.24, 2.45) is 0 Å². The fraction of sp³-hybridized carbons (Fsp3) is 0.429. The van der Waals surface area contributed by atoms with Gasteiger partial charge in [-0.15, -0.1) is 0 Å². The van der Waals surface area contributed by atoms with E-state index in [9.17, 15) is 4.79 Å². The lowest BCUT2D eigenvalue weighted by molar-refractivity contribution is 0.186. The Morgan fingerprint density at radius 3 is 2.80 bits per heavy atom. The fourth-order valence-electron chi connectivity index (χ4n) is 2.17. The van der Waals surface area contributed by atoms with Gasteiger partial charge < -0.3 is 15.0 Å². The predicted octanol–water partition coefficient (Wildman–Crippen LogP) is 2.83. The normalized spacial score (nSPS) is 18.6.